The highest BCUT2D eigenvalue weighted by molar-refractivity contribution is 7.98. The lowest BCUT2D eigenvalue weighted by Gasteiger charge is -2.15. The molecule has 1 unspecified atom stereocenters. The standard InChI is InChI=1S/C16H17FN2OS/c1-10(11-6-8-12(21-2)9-7-11)19-16(20)13-4-3-5-14(17)15(13)18/h3-10H,18H2,1-2H3,(H,19,20). The predicted molar refractivity (Wildman–Crippen MR) is 84.9 cm³/mol. The fourth-order valence-corrected chi connectivity index (χ4v) is 2.39. The molecule has 2 aromatic carbocycles. The summed E-state index contributed by atoms with van der Waals surface area (Å²) in [5.41, 5.74) is 6.61. The van der Waals surface area contributed by atoms with Crippen molar-refractivity contribution in [1.29, 1.82) is 0 Å². The van der Waals surface area contributed by atoms with Gasteiger partial charge in [0, 0.05) is 4.90 Å². The van der Waals surface area contributed by atoms with Crippen LogP contribution in [0.4, 0.5) is 10.1 Å². The second-order valence-electron chi connectivity index (χ2n) is 4.67. The summed E-state index contributed by atoms with van der Waals surface area (Å²) in [7, 11) is 0. The van der Waals surface area contributed by atoms with Crippen LogP contribution in [0.25, 0.3) is 0 Å². The third kappa shape index (κ3) is 3.55. The molecule has 0 saturated carbocycles. The minimum atomic E-state index is -0.584. The number of nitrogen functional groups attached to an aromatic ring is 1. The molecule has 1 amide bonds. The van der Waals surface area contributed by atoms with E-state index >= 15 is 0 Å². The number of thioether (sulfide) groups is 1. The Morgan fingerprint density at radius 3 is 2.52 bits per heavy atom. The van der Waals surface area contributed by atoms with E-state index in [0.717, 1.165) is 10.5 Å². The van der Waals surface area contributed by atoms with Gasteiger partial charge in [0.15, 0.2) is 0 Å². The van der Waals surface area contributed by atoms with Crippen LogP contribution in [0.1, 0.15) is 28.9 Å². The van der Waals surface area contributed by atoms with Crippen LogP contribution in [0, 0.1) is 5.82 Å². The molecule has 0 aliphatic heterocycles. The zero-order chi connectivity index (χ0) is 15.4. The average Bonchev–Trinajstić information content (AvgIpc) is 2.50. The summed E-state index contributed by atoms with van der Waals surface area (Å²) in [6.07, 6.45) is 2.01. The van der Waals surface area contributed by atoms with E-state index < -0.39 is 5.82 Å². The summed E-state index contributed by atoms with van der Waals surface area (Å²) >= 11 is 1.66. The van der Waals surface area contributed by atoms with Crippen LogP contribution >= 0.6 is 11.8 Å². The number of hydrogen-bond donors (Lipinski definition) is 2. The number of rotatable bonds is 4. The molecular weight excluding hydrogens is 287 g/mol. The van der Waals surface area contributed by atoms with Gasteiger partial charge in [-0.2, -0.15) is 0 Å². The Bertz CT molecular complexity index is 643. The quantitative estimate of drug-likeness (QED) is 0.670. The molecule has 0 spiro atoms. The van der Waals surface area contributed by atoms with E-state index in [1.807, 2.05) is 37.4 Å². The number of anilines is 1. The number of para-hydroxylation sites is 1. The maximum Gasteiger partial charge on any atom is 0.253 e. The first-order chi connectivity index (χ1) is 10.0. The van der Waals surface area contributed by atoms with Gasteiger partial charge in [0.1, 0.15) is 5.82 Å². The van der Waals surface area contributed by atoms with Gasteiger partial charge >= 0.3 is 0 Å². The van der Waals surface area contributed by atoms with Crippen LogP contribution in [0.5, 0.6) is 0 Å². The number of benzene rings is 2. The van der Waals surface area contributed by atoms with Crippen LogP contribution in [0.3, 0.4) is 0 Å². The molecule has 1 atom stereocenters. The summed E-state index contributed by atoms with van der Waals surface area (Å²) in [6.45, 7) is 1.88. The molecule has 0 aromatic heterocycles. The van der Waals surface area contributed by atoms with Crippen LogP contribution in [0.15, 0.2) is 47.4 Å². The number of carbonyl (C=O) groups excluding carboxylic acids is 1. The predicted octanol–water partition coefficient (Wildman–Crippen LogP) is 3.62. The lowest BCUT2D eigenvalue weighted by molar-refractivity contribution is 0.0940. The van der Waals surface area contributed by atoms with Crippen molar-refractivity contribution in [3.63, 3.8) is 0 Å². The van der Waals surface area contributed by atoms with Crippen molar-refractivity contribution in [3.05, 3.63) is 59.4 Å². The normalized spacial score (nSPS) is 12.0. The fraction of sp³-hybridized carbons (Fsp3) is 0.188. The highest BCUT2D eigenvalue weighted by Crippen LogP contribution is 2.20. The first-order valence-corrected chi connectivity index (χ1v) is 7.74. The number of nitrogens with one attached hydrogen (secondary N) is 1. The zero-order valence-electron chi connectivity index (χ0n) is 11.9. The van der Waals surface area contributed by atoms with E-state index in [1.165, 1.54) is 18.2 Å². The molecule has 0 aliphatic carbocycles. The second kappa shape index (κ2) is 6.63. The van der Waals surface area contributed by atoms with E-state index in [-0.39, 0.29) is 23.2 Å². The van der Waals surface area contributed by atoms with Crippen LogP contribution in [-0.4, -0.2) is 12.2 Å². The van der Waals surface area contributed by atoms with E-state index in [2.05, 4.69) is 5.32 Å². The Balaban J connectivity index is 2.12. The van der Waals surface area contributed by atoms with Gasteiger partial charge in [0.25, 0.3) is 5.91 Å². The minimum Gasteiger partial charge on any atom is -0.396 e. The lowest BCUT2D eigenvalue weighted by Crippen LogP contribution is -2.27. The highest BCUT2D eigenvalue weighted by atomic mass is 32.2. The summed E-state index contributed by atoms with van der Waals surface area (Å²) < 4.78 is 13.4. The number of nitrogens with two attached hydrogens (primary N) is 1. The molecular formula is C16H17FN2OS. The summed E-state index contributed by atoms with van der Waals surface area (Å²) in [5, 5.41) is 2.83. The monoisotopic (exact) mass is 304 g/mol. The van der Waals surface area contributed by atoms with Crippen molar-refractivity contribution in [1.82, 2.24) is 5.32 Å². The number of hydrogen-bond acceptors (Lipinski definition) is 3. The fourth-order valence-electron chi connectivity index (χ4n) is 1.99. The van der Waals surface area contributed by atoms with Crippen LogP contribution < -0.4 is 11.1 Å². The van der Waals surface area contributed by atoms with Gasteiger partial charge in [0.2, 0.25) is 0 Å². The minimum absolute atomic E-state index is 0.125. The third-order valence-electron chi connectivity index (χ3n) is 3.26. The van der Waals surface area contributed by atoms with Gasteiger partial charge < -0.3 is 11.1 Å². The molecule has 2 aromatic rings. The molecule has 0 heterocycles. The van der Waals surface area contributed by atoms with Crippen molar-refractivity contribution < 1.29 is 9.18 Å². The van der Waals surface area contributed by atoms with Gasteiger partial charge in [0.05, 0.1) is 17.3 Å². The van der Waals surface area contributed by atoms with E-state index in [9.17, 15) is 9.18 Å². The molecule has 0 saturated heterocycles. The lowest BCUT2D eigenvalue weighted by atomic mass is 10.1. The van der Waals surface area contributed by atoms with E-state index in [1.54, 1.807) is 11.8 Å². The third-order valence-corrected chi connectivity index (χ3v) is 4.00. The molecule has 2 rings (SSSR count). The first-order valence-electron chi connectivity index (χ1n) is 6.51. The molecule has 0 radical (unpaired) electrons. The highest BCUT2D eigenvalue weighted by Gasteiger charge is 2.15. The van der Waals surface area contributed by atoms with Gasteiger partial charge in [-0.25, -0.2) is 4.39 Å². The molecule has 0 fully saturated rings. The molecule has 110 valence electrons. The smallest absolute Gasteiger partial charge is 0.253 e. The Hall–Kier alpha value is -2.01. The summed E-state index contributed by atoms with van der Waals surface area (Å²) in [6, 6.07) is 12.0. The number of amides is 1. The molecule has 3 N–H and O–H groups in total. The Labute approximate surface area is 127 Å². The van der Waals surface area contributed by atoms with Crippen LogP contribution in [-0.2, 0) is 0 Å². The molecule has 5 heteroatoms. The molecule has 0 aliphatic rings. The topological polar surface area (TPSA) is 55.1 Å². The Kier molecular flexibility index (Phi) is 4.85. The van der Waals surface area contributed by atoms with Gasteiger partial charge in [-0.1, -0.05) is 18.2 Å². The van der Waals surface area contributed by atoms with Crippen molar-refractivity contribution in [2.75, 3.05) is 12.0 Å². The van der Waals surface area contributed by atoms with Crippen molar-refractivity contribution in [3.8, 4) is 0 Å². The average molecular weight is 304 g/mol. The molecule has 21 heavy (non-hydrogen) atoms. The largest absolute Gasteiger partial charge is 0.396 e. The Morgan fingerprint density at radius 2 is 1.90 bits per heavy atom. The molecule has 0 bridgehead atoms. The summed E-state index contributed by atoms with van der Waals surface area (Å²) in [4.78, 5) is 13.3. The zero-order valence-corrected chi connectivity index (χ0v) is 12.7. The number of carbonyl (C=O) groups is 1. The van der Waals surface area contributed by atoms with Gasteiger partial charge in [-0.15, -0.1) is 11.8 Å². The maximum absolute atomic E-state index is 13.4. The number of halogens is 1. The van der Waals surface area contributed by atoms with E-state index in [0.29, 0.717) is 0 Å². The Morgan fingerprint density at radius 1 is 1.24 bits per heavy atom. The van der Waals surface area contributed by atoms with Crippen molar-refractivity contribution >= 4 is 23.4 Å². The first kappa shape index (κ1) is 15.4. The van der Waals surface area contributed by atoms with Crippen molar-refractivity contribution in [2.24, 2.45) is 0 Å². The SMILES string of the molecule is CSc1ccc(C(C)NC(=O)c2cccc(F)c2N)cc1. The summed E-state index contributed by atoms with van der Waals surface area (Å²) in [5.74, 6) is -0.965. The van der Waals surface area contributed by atoms with E-state index in [4.69, 9.17) is 5.73 Å². The van der Waals surface area contributed by atoms with Crippen molar-refractivity contribution in [2.45, 2.75) is 17.9 Å². The van der Waals surface area contributed by atoms with Crippen LogP contribution in [0.2, 0.25) is 0 Å². The second-order valence-corrected chi connectivity index (χ2v) is 5.55. The van der Waals surface area contributed by atoms with Gasteiger partial charge in [-0.05, 0) is 43.0 Å². The molecule has 3 nitrogen and oxygen atoms in total. The maximum atomic E-state index is 13.4. The van der Waals surface area contributed by atoms with Gasteiger partial charge in [-0.3, -0.25) is 4.79 Å².